The van der Waals surface area contributed by atoms with Crippen molar-refractivity contribution in [3.8, 4) is 0 Å². The second kappa shape index (κ2) is 10.5. The number of carbonyl (C=O) groups excluding carboxylic acids is 1. The predicted molar refractivity (Wildman–Crippen MR) is 83.4 cm³/mol. The Hall–Kier alpha value is -1.31. The molecule has 0 aliphatic carbocycles. The molecular formula is C18H28O2. The Kier molecular flexibility index (Phi) is 8.77. The van der Waals surface area contributed by atoms with E-state index >= 15 is 0 Å². The lowest BCUT2D eigenvalue weighted by Crippen LogP contribution is -2.17. The number of rotatable bonds is 10. The van der Waals surface area contributed by atoms with Crippen LogP contribution in [0.3, 0.4) is 0 Å². The molecule has 1 atom stereocenters. The first kappa shape index (κ1) is 16.7. The summed E-state index contributed by atoms with van der Waals surface area (Å²) in [6.07, 6.45) is 7.82. The Morgan fingerprint density at radius 1 is 1.00 bits per heavy atom. The van der Waals surface area contributed by atoms with Crippen LogP contribution >= 0.6 is 0 Å². The van der Waals surface area contributed by atoms with E-state index in [4.69, 9.17) is 4.74 Å². The standard InChI is InChI=1S/C18H28O2/c1-3-5-6-10-14-17(11-4-2)18(19)20-15-16-12-8-7-9-13-16/h7-9,12-13,17H,3-6,10-11,14-15H2,1-2H3. The molecule has 0 bridgehead atoms. The topological polar surface area (TPSA) is 26.3 Å². The number of carbonyl (C=O) groups is 1. The monoisotopic (exact) mass is 276 g/mol. The SMILES string of the molecule is CCCCCCC(CCC)C(=O)OCc1ccccc1. The van der Waals surface area contributed by atoms with Crippen LogP contribution < -0.4 is 0 Å². The van der Waals surface area contributed by atoms with Gasteiger partial charge in [-0.25, -0.2) is 0 Å². The summed E-state index contributed by atoms with van der Waals surface area (Å²) in [5.41, 5.74) is 1.06. The minimum absolute atomic E-state index is 0.0211. The first-order valence-electron chi connectivity index (χ1n) is 7.98. The third-order valence-corrected chi connectivity index (χ3v) is 3.60. The fourth-order valence-electron chi connectivity index (χ4n) is 2.39. The van der Waals surface area contributed by atoms with Gasteiger partial charge < -0.3 is 4.74 Å². The van der Waals surface area contributed by atoms with Crippen molar-refractivity contribution in [2.45, 2.75) is 65.4 Å². The van der Waals surface area contributed by atoms with Crippen molar-refractivity contribution in [2.75, 3.05) is 0 Å². The number of unbranched alkanes of at least 4 members (excludes halogenated alkanes) is 3. The van der Waals surface area contributed by atoms with Gasteiger partial charge in [-0.15, -0.1) is 0 Å². The molecule has 0 N–H and O–H groups in total. The Balaban J connectivity index is 2.35. The number of hydrogen-bond acceptors (Lipinski definition) is 2. The molecule has 2 nitrogen and oxygen atoms in total. The lowest BCUT2D eigenvalue weighted by molar-refractivity contribution is -0.150. The van der Waals surface area contributed by atoms with Crippen LogP contribution in [0.1, 0.15) is 64.4 Å². The average Bonchev–Trinajstić information content (AvgIpc) is 2.49. The van der Waals surface area contributed by atoms with Crippen molar-refractivity contribution < 1.29 is 9.53 Å². The molecule has 0 aromatic heterocycles. The molecule has 1 aromatic carbocycles. The highest BCUT2D eigenvalue weighted by atomic mass is 16.5. The fraction of sp³-hybridized carbons (Fsp3) is 0.611. The van der Waals surface area contributed by atoms with Crippen molar-refractivity contribution in [1.29, 1.82) is 0 Å². The van der Waals surface area contributed by atoms with E-state index in [9.17, 15) is 4.79 Å². The Labute approximate surface area is 123 Å². The molecule has 0 heterocycles. The third-order valence-electron chi connectivity index (χ3n) is 3.60. The number of esters is 1. The zero-order valence-electron chi connectivity index (χ0n) is 12.9. The zero-order chi connectivity index (χ0) is 14.6. The van der Waals surface area contributed by atoms with Crippen LogP contribution in [-0.4, -0.2) is 5.97 Å². The number of benzene rings is 1. The Bertz CT molecular complexity index is 359. The summed E-state index contributed by atoms with van der Waals surface area (Å²) >= 11 is 0. The Morgan fingerprint density at radius 3 is 2.40 bits per heavy atom. The summed E-state index contributed by atoms with van der Waals surface area (Å²) in [6, 6.07) is 9.89. The molecule has 0 saturated carbocycles. The zero-order valence-corrected chi connectivity index (χ0v) is 12.9. The summed E-state index contributed by atoms with van der Waals surface area (Å²) in [6.45, 7) is 4.73. The summed E-state index contributed by atoms with van der Waals surface area (Å²) in [5, 5.41) is 0. The van der Waals surface area contributed by atoms with Gasteiger partial charge in [0.05, 0.1) is 5.92 Å². The van der Waals surface area contributed by atoms with Gasteiger partial charge in [-0.1, -0.05) is 76.3 Å². The molecule has 0 fully saturated rings. The molecule has 0 amide bonds. The molecular weight excluding hydrogens is 248 g/mol. The molecule has 112 valence electrons. The van der Waals surface area contributed by atoms with Crippen molar-refractivity contribution >= 4 is 5.97 Å². The second-order valence-electron chi connectivity index (χ2n) is 5.43. The lowest BCUT2D eigenvalue weighted by atomic mass is 9.96. The lowest BCUT2D eigenvalue weighted by Gasteiger charge is -2.15. The highest BCUT2D eigenvalue weighted by molar-refractivity contribution is 5.72. The van der Waals surface area contributed by atoms with Gasteiger partial charge in [-0.3, -0.25) is 4.79 Å². The first-order chi connectivity index (χ1) is 9.77. The maximum absolute atomic E-state index is 12.1. The predicted octanol–water partition coefficient (Wildman–Crippen LogP) is 5.12. The molecule has 0 saturated heterocycles. The van der Waals surface area contributed by atoms with Gasteiger partial charge in [0.15, 0.2) is 0 Å². The number of hydrogen-bond donors (Lipinski definition) is 0. The molecule has 0 spiro atoms. The summed E-state index contributed by atoms with van der Waals surface area (Å²) < 4.78 is 5.46. The highest BCUT2D eigenvalue weighted by Crippen LogP contribution is 2.18. The van der Waals surface area contributed by atoms with Gasteiger partial charge in [0, 0.05) is 0 Å². The van der Waals surface area contributed by atoms with Crippen LogP contribution in [0.15, 0.2) is 30.3 Å². The van der Waals surface area contributed by atoms with Gasteiger partial charge in [-0.2, -0.15) is 0 Å². The number of ether oxygens (including phenoxy) is 1. The van der Waals surface area contributed by atoms with E-state index in [2.05, 4.69) is 13.8 Å². The molecule has 0 aliphatic heterocycles. The van der Waals surface area contributed by atoms with E-state index in [-0.39, 0.29) is 11.9 Å². The molecule has 1 rings (SSSR count). The molecule has 0 aliphatic rings. The van der Waals surface area contributed by atoms with Crippen LogP contribution in [0.4, 0.5) is 0 Å². The van der Waals surface area contributed by atoms with Crippen molar-refractivity contribution in [1.82, 2.24) is 0 Å². The molecule has 1 aromatic rings. The molecule has 0 radical (unpaired) electrons. The Morgan fingerprint density at radius 2 is 1.75 bits per heavy atom. The summed E-state index contributed by atoms with van der Waals surface area (Å²) in [5.74, 6) is 0.0627. The van der Waals surface area contributed by atoms with E-state index in [1.807, 2.05) is 30.3 Å². The smallest absolute Gasteiger partial charge is 0.309 e. The largest absolute Gasteiger partial charge is 0.461 e. The van der Waals surface area contributed by atoms with Crippen LogP contribution in [0.25, 0.3) is 0 Å². The second-order valence-corrected chi connectivity index (χ2v) is 5.43. The van der Waals surface area contributed by atoms with Gasteiger partial charge >= 0.3 is 5.97 Å². The van der Waals surface area contributed by atoms with Crippen molar-refractivity contribution in [2.24, 2.45) is 5.92 Å². The first-order valence-corrected chi connectivity index (χ1v) is 7.98. The molecule has 2 heteroatoms. The minimum Gasteiger partial charge on any atom is -0.461 e. The van der Waals surface area contributed by atoms with E-state index in [1.165, 1.54) is 19.3 Å². The van der Waals surface area contributed by atoms with E-state index in [0.29, 0.717) is 6.61 Å². The maximum atomic E-state index is 12.1. The summed E-state index contributed by atoms with van der Waals surface area (Å²) in [7, 11) is 0. The van der Waals surface area contributed by atoms with Crippen molar-refractivity contribution in [3.63, 3.8) is 0 Å². The van der Waals surface area contributed by atoms with Crippen LogP contribution in [-0.2, 0) is 16.1 Å². The van der Waals surface area contributed by atoms with Crippen LogP contribution in [0, 0.1) is 5.92 Å². The van der Waals surface area contributed by atoms with Gasteiger partial charge in [-0.05, 0) is 18.4 Å². The van der Waals surface area contributed by atoms with Crippen molar-refractivity contribution in [3.05, 3.63) is 35.9 Å². The van der Waals surface area contributed by atoms with E-state index in [0.717, 1.165) is 31.2 Å². The minimum atomic E-state index is -0.0211. The van der Waals surface area contributed by atoms with E-state index < -0.39 is 0 Å². The fourth-order valence-corrected chi connectivity index (χ4v) is 2.39. The van der Waals surface area contributed by atoms with Crippen LogP contribution in [0.5, 0.6) is 0 Å². The van der Waals surface area contributed by atoms with Gasteiger partial charge in [0.2, 0.25) is 0 Å². The van der Waals surface area contributed by atoms with E-state index in [1.54, 1.807) is 0 Å². The average molecular weight is 276 g/mol. The van der Waals surface area contributed by atoms with Gasteiger partial charge in [0.1, 0.15) is 6.61 Å². The van der Waals surface area contributed by atoms with Crippen LogP contribution in [0.2, 0.25) is 0 Å². The maximum Gasteiger partial charge on any atom is 0.309 e. The summed E-state index contributed by atoms with van der Waals surface area (Å²) in [4.78, 5) is 12.1. The molecule has 20 heavy (non-hydrogen) atoms. The molecule has 1 unspecified atom stereocenters. The normalized spacial score (nSPS) is 12.1. The highest BCUT2D eigenvalue weighted by Gasteiger charge is 2.18. The van der Waals surface area contributed by atoms with Gasteiger partial charge in [0.25, 0.3) is 0 Å². The third kappa shape index (κ3) is 6.74. The quantitative estimate of drug-likeness (QED) is 0.438.